The molecule has 0 unspecified atom stereocenters. The molecule has 118 valence electrons. The Hall–Kier alpha value is -0.840. The van der Waals surface area contributed by atoms with Crippen LogP contribution in [0.3, 0.4) is 0 Å². The van der Waals surface area contributed by atoms with E-state index in [2.05, 4.69) is 17.9 Å². The molecule has 1 saturated carbocycles. The highest BCUT2D eigenvalue weighted by atomic mass is 16.5. The van der Waals surface area contributed by atoms with E-state index in [-0.39, 0.29) is 5.60 Å². The van der Waals surface area contributed by atoms with Crippen molar-refractivity contribution in [1.82, 2.24) is 4.90 Å². The van der Waals surface area contributed by atoms with Crippen molar-refractivity contribution in [2.24, 2.45) is 5.92 Å². The Morgan fingerprint density at radius 1 is 1.43 bits per heavy atom. The summed E-state index contributed by atoms with van der Waals surface area (Å²) in [6.07, 6.45) is 3.65. The van der Waals surface area contributed by atoms with Crippen LogP contribution in [0, 0.1) is 12.8 Å². The van der Waals surface area contributed by atoms with Crippen LogP contribution in [0.15, 0.2) is 16.5 Å². The van der Waals surface area contributed by atoms with Gasteiger partial charge in [-0.25, -0.2) is 0 Å². The fraction of sp³-hybridized carbons (Fsp3) is 0.765. The lowest BCUT2D eigenvalue weighted by atomic mass is 9.89. The minimum absolute atomic E-state index is 0.00899. The van der Waals surface area contributed by atoms with E-state index in [9.17, 15) is 0 Å². The van der Waals surface area contributed by atoms with Crippen molar-refractivity contribution in [1.29, 1.82) is 0 Å². The van der Waals surface area contributed by atoms with Crippen molar-refractivity contribution >= 4 is 0 Å². The van der Waals surface area contributed by atoms with Crippen LogP contribution in [0.25, 0.3) is 0 Å². The molecule has 1 aromatic rings. The second-order valence-electron chi connectivity index (χ2n) is 6.38. The van der Waals surface area contributed by atoms with Crippen LogP contribution in [0.4, 0.5) is 0 Å². The van der Waals surface area contributed by atoms with E-state index in [1.165, 1.54) is 19.3 Å². The van der Waals surface area contributed by atoms with E-state index in [1.807, 2.05) is 13.0 Å². The van der Waals surface area contributed by atoms with E-state index in [1.54, 1.807) is 0 Å². The van der Waals surface area contributed by atoms with Crippen molar-refractivity contribution in [3.63, 3.8) is 0 Å². The number of hydrogen-bond acceptors (Lipinski definition) is 4. The summed E-state index contributed by atoms with van der Waals surface area (Å²) in [6, 6.07) is 4.13. The molecule has 2 atom stereocenters. The maximum absolute atomic E-state index is 6.26. The molecule has 2 heterocycles. The Labute approximate surface area is 127 Å². The zero-order chi connectivity index (χ0) is 14.7. The monoisotopic (exact) mass is 293 g/mol. The molecule has 1 aliphatic heterocycles. The minimum Gasteiger partial charge on any atom is -0.465 e. The maximum Gasteiger partial charge on any atom is 0.118 e. The Morgan fingerprint density at radius 2 is 2.33 bits per heavy atom. The molecule has 4 nitrogen and oxygen atoms in total. The summed E-state index contributed by atoms with van der Waals surface area (Å²) in [6.45, 7) is 9.40. The topological polar surface area (TPSA) is 34.8 Å². The number of aryl methyl sites for hydroxylation is 1. The Morgan fingerprint density at radius 3 is 3.10 bits per heavy atom. The molecule has 2 fully saturated rings. The van der Waals surface area contributed by atoms with Crippen LogP contribution in [-0.4, -0.2) is 43.4 Å². The lowest BCUT2D eigenvalue weighted by Gasteiger charge is -2.43. The van der Waals surface area contributed by atoms with Gasteiger partial charge in [0.05, 0.1) is 25.4 Å². The maximum atomic E-state index is 6.26. The summed E-state index contributed by atoms with van der Waals surface area (Å²) in [5, 5.41) is 0. The molecule has 0 N–H and O–H groups in total. The molecular weight excluding hydrogens is 266 g/mol. The highest BCUT2D eigenvalue weighted by Crippen LogP contribution is 2.41. The van der Waals surface area contributed by atoms with Gasteiger partial charge in [-0.15, -0.1) is 0 Å². The lowest BCUT2D eigenvalue weighted by molar-refractivity contribution is -0.143. The van der Waals surface area contributed by atoms with Gasteiger partial charge in [-0.1, -0.05) is 6.42 Å². The number of rotatable bonds is 5. The van der Waals surface area contributed by atoms with E-state index < -0.39 is 0 Å². The minimum atomic E-state index is 0.00899. The van der Waals surface area contributed by atoms with E-state index in [0.29, 0.717) is 5.92 Å². The molecule has 4 heteroatoms. The van der Waals surface area contributed by atoms with Gasteiger partial charge >= 0.3 is 0 Å². The highest BCUT2D eigenvalue weighted by Gasteiger charge is 2.46. The summed E-state index contributed by atoms with van der Waals surface area (Å²) >= 11 is 0. The molecule has 1 aromatic heterocycles. The smallest absolute Gasteiger partial charge is 0.118 e. The molecule has 21 heavy (non-hydrogen) atoms. The summed E-state index contributed by atoms with van der Waals surface area (Å²) in [5.41, 5.74) is 0.00899. The van der Waals surface area contributed by atoms with Crippen LogP contribution in [0.1, 0.15) is 37.7 Å². The fourth-order valence-electron chi connectivity index (χ4n) is 3.82. The molecule has 1 spiro atoms. The molecule has 2 aliphatic rings. The predicted octanol–water partition coefficient (Wildman–Crippen LogP) is 3.00. The molecule has 0 aromatic carbocycles. The summed E-state index contributed by atoms with van der Waals surface area (Å²) in [4.78, 5) is 2.48. The third kappa shape index (κ3) is 3.33. The zero-order valence-corrected chi connectivity index (χ0v) is 13.3. The Bertz CT molecular complexity index is 459. The van der Waals surface area contributed by atoms with Crippen LogP contribution in [0.2, 0.25) is 0 Å². The quantitative estimate of drug-likeness (QED) is 0.836. The average Bonchev–Trinajstić information content (AvgIpc) is 3.04. The second kappa shape index (κ2) is 6.51. The highest BCUT2D eigenvalue weighted by molar-refractivity contribution is 5.06. The van der Waals surface area contributed by atoms with Gasteiger partial charge < -0.3 is 13.9 Å². The summed E-state index contributed by atoms with van der Waals surface area (Å²) in [5.74, 6) is 2.59. The molecule has 0 amide bonds. The molecule has 0 radical (unpaired) electrons. The predicted molar refractivity (Wildman–Crippen MR) is 81.2 cm³/mol. The van der Waals surface area contributed by atoms with Crippen molar-refractivity contribution in [2.75, 3.05) is 32.9 Å². The second-order valence-corrected chi connectivity index (χ2v) is 6.38. The van der Waals surface area contributed by atoms with Gasteiger partial charge in [0.15, 0.2) is 0 Å². The van der Waals surface area contributed by atoms with Crippen molar-refractivity contribution in [3.05, 3.63) is 23.7 Å². The largest absolute Gasteiger partial charge is 0.465 e. The van der Waals surface area contributed by atoms with Gasteiger partial charge in [0.25, 0.3) is 0 Å². The van der Waals surface area contributed by atoms with Gasteiger partial charge in [0.2, 0.25) is 0 Å². The standard InChI is InChI=1S/C17H27NO3/c1-3-19-12-15-5-4-8-17(15)13-18(9-10-20-17)11-16-7-6-14(2)21-16/h6-7,15H,3-5,8-13H2,1-2H3/t15-,17-/m0/s1. The number of nitrogens with zero attached hydrogens (tertiary/aromatic N) is 1. The number of ether oxygens (including phenoxy) is 2. The number of morpholine rings is 1. The van der Waals surface area contributed by atoms with Crippen LogP contribution in [-0.2, 0) is 16.0 Å². The zero-order valence-electron chi connectivity index (χ0n) is 13.3. The third-order valence-electron chi connectivity index (χ3n) is 4.88. The van der Waals surface area contributed by atoms with E-state index in [0.717, 1.165) is 51.0 Å². The first-order valence-electron chi connectivity index (χ1n) is 8.21. The molecule has 1 saturated heterocycles. The first kappa shape index (κ1) is 15.1. The van der Waals surface area contributed by atoms with Crippen molar-refractivity contribution in [3.8, 4) is 0 Å². The Balaban J connectivity index is 1.64. The van der Waals surface area contributed by atoms with Crippen LogP contribution >= 0.6 is 0 Å². The van der Waals surface area contributed by atoms with E-state index in [4.69, 9.17) is 13.9 Å². The van der Waals surface area contributed by atoms with Gasteiger partial charge in [0, 0.05) is 25.6 Å². The average molecular weight is 293 g/mol. The SMILES string of the molecule is CCOC[C@@H]1CCC[C@]12CN(Cc1ccc(C)o1)CCO2. The first-order chi connectivity index (χ1) is 10.2. The van der Waals surface area contributed by atoms with Gasteiger partial charge in [0.1, 0.15) is 11.5 Å². The van der Waals surface area contributed by atoms with Gasteiger partial charge in [-0.3, -0.25) is 4.90 Å². The van der Waals surface area contributed by atoms with Crippen LogP contribution < -0.4 is 0 Å². The van der Waals surface area contributed by atoms with E-state index >= 15 is 0 Å². The third-order valence-corrected chi connectivity index (χ3v) is 4.88. The lowest BCUT2D eigenvalue weighted by Crippen LogP contribution is -2.54. The van der Waals surface area contributed by atoms with Crippen LogP contribution in [0.5, 0.6) is 0 Å². The van der Waals surface area contributed by atoms with Crippen molar-refractivity contribution < 1.29 is 13.9 Å². The molecule has 1 aliphatic carbocycles. The van der Waals surface area contributed by atoms with Gasteiger partial charge in [-0.2, -0.15) is 0 Å². The normalized spacial score (nSPS) is 30.3. The Kier molecular flexibility index (Phi) is 4.67. The number of hydrogen-bond donors (Lipinski definition) is 0. The molecular formula is C17H27NO3. The number of furan rings is 1. The van der Waals surface area contributed by atoms with Crippen molar-refractivity contribution in [2.45, 2.75) is 45.3 Å². The van der Waals surface area contributed by atoms with Gasteiger partial charge in [-0.05, 0) is 38.8 Å². The fourth-order valence-corrected chi connectivity index (χ4v) is 3.82. The molecule has 3 rings (SSSR count). The first-order valence-corrected chi connectivity index (χ1v) is 8.21. The summed E-state index contributed by atoms with van der Waals surface area (Å²) in [7, 11) is 0. The summed E-state index contributed by atoms with van der Waals surface area (Å²) < 4.78 is 17.7. The molecule has 0 bridgehead atoms.